The number of hydrogen-bond donors (Lipinski definition) is 2. The molecule has 2 aromatic rings. The molecule has 0 bridgehead atoms. The number of hydrazone groups is 1. The molecule has 0 aliphatic heterocycles. The van der Waals surface area contributed by atoms with Gasteiger partial charge >= 0.3 is 0 Å². The Morgan fingerprint density at radius 2 is 1.80 bits per heavy atom. The molecule has 7 nitrogen and oxygen atoms in total. The van der Waals surface area contributed by atoms with Gasteiger partial charge in [-0.3, -0.25) is 10.2 Å². The van der Waals surface area contributed by atoms with Crippen LogP contribution in [0.3, 0.4) is 0 Å². The average Bonchev–Trinajstić information content (AvgIpc) is 2.67. The van der Waals surface area contributed by atoms with Crippen LogP contribution in [-0.4, -0.2) is 18.7 Å². The van der Waals surface area contributed by atoms with E-state index in [9.17, 15) is 4.79 Å². The van der Waals surface area contributed by atoms with Crippen LogP contribution >= 0.6 is 0 Å². The lowest BCUT2D eigenvalue weighted by atomic mass is 10.1. The van der Waals surface area contributed by atoms with Crippen molar-refractivity contribution in [3.8, 4) is 17.9 Å². The van der Waals surface area contributed by atoms with Crippen molar-refractivity contribution in [2.24, 2.45) is 5.10 Å². The Morgan fingerprint density at radius 1 is 1.12 bits per heavy atom. The normalized spacial score (nSPS) is 9.24. The molecular weight excluding hydrogens is 318 g/mol. The van der Waals surface area contributed by atoms with Crippen LogP contribution in [0.4, 0.5) is 5.69 Å². The number of nitrogens with zero attached hydrogens (tertiary/aromatic N) is 3. The highest BCUT2D eigenvalue weighted by Crippen LogP contribution is 2.16. The van der Waals surface area contributed by atoms with E-state index >= 15 is 0 Å². The number of ether oxygens (including phenoxy) is 1. The summed E-state index contributed by atoms with van der Waals surface area (Å²) in [4.78, 5) is 12.4. The molecule has 0 fully saturated rings. The van der Waals surface area contributed by atoms with Crippen molar-refractivity contribution in [1.82, 2.24) is 5.32 Å². The summed E-state index contributed by atoms with van der Waals surface area (Å²) in [7, 11) is 1.59. The first-order chi connectivity index (χ1) is 12.2. The Hall–Kier alpha value is -3.84. The van der Waals surface area contributed by atoms with Crippen molar-refractivity contribution >= 4 is 17.3 Å². The van der Waals surface area contributed by atoms with E-state index in [1.807, 2.05) is 24.3 Å². The van der Waals surface area contributed by atoms with Gasteiger partial charge in [-0.1, -0.05) is 24.3 Å². The molecule has 0 saturated heterocycles. The van der Waals surface area contributed by atoms with Crippen molar-refractivity contribution in [2.45, 2.75) is 6.54 Å². The van der Waals surface area contributed by atoms with E-state index in [-0.39, 0.29) is 11.6 Å². The number of anilines is 1. The summed E-state index contributed by atoms with van der Waals surface area (Å²) in [6, 6.07) is 17.3. The lowest BCUT2D eigenvalue weighted by Gasteiger charge is -2.10. The zero-order chi connectivity index (χ0) is 18.1. The third-order valence-corrected chi connectivity index (χ3v) is 3.28. The van der Waals surface area contributed by atoms with Gasteiger partial charge in [-0.05, 0) is 29.8 Å². The van der Waals surface area contributed by atoms with E-state index in [0.717, 1.165) is 11.3 Å². The Bertz CT molecular complexity index is 844. The molecule has 0 aliphatic rings. The molecule has 2 rings (SSSR count). The summed E-state index contributed by atoms with van der Waals surface area (Å²) >= 11 is 0. The van der Waals surface area contributed by atoms with Crippen LogP contribution in [0, 0.1) is 22.7 Å². The second-order valence-electron chi connectivity index (χ2n) is 4.87. The number of nitriles is 2. The second-order valence-corrected chi connectivity index (χ2v) is 4.87. The van der Waals surface area contributed by atoms with E-state index in [0.29, 0.717) is 17.8 Å². The first kappa shape index (κ1) is 17.5. The predicted molar refractivity (Wildman–Crippen MR) is 92.9 cm³/mol. The Labute approximate surface area is 145 Å². The van der Waals surface area contributed by atoms with E-state index in [1.54, 1.807) is 43.5 Å². The van der Waals surface area contributed by atoms with Gasteiger partial charge in [0, 0.05) is 6.54 Å². The smallest absolute Gasteiger partial charge is 0.253 e. The Morgan fingerprint density at radius 3 is 2.44 bits per heavy atom. The van der Waals surface area contributed by atoms with Crippen molar-refractivity contribution in [3.05, 3.63) is 59.7 Å². The summed E-state index contributed by atoms with van der Waals surface area (Å²) in [5, 5.41) is 23.9. The molecule has 2 aromatic carbocycles. The predicted octanol–water partition coefficient (Wildman–Crippen LogP) is 2.44. The van der Waals surface area contributed by atoms with Crippen molar-refractivity contribution < 1.29 is 9.53 Å². The fraction of sp³-hybridized carbons (Fsp3) is 0.111. The molecule has 2 N–H and O–H groups in total. The van der Waals surface area contributed by atoms with E-state index in [2.05, 4.69) is 15.8 Å². The third kappa shape index (κ3) is 4.81. The molecule has 0 unspecified atom stereocenters. The van der Waals surface area contributed by atoms with Gasteiger partial charge in [0.1, 0.15) is 17.9 Å². The van der Waals surface area contributed by atoms with Gasteiger partial charge in [-0.15, -0.1) is 0 Å². The monoisotopic (exact) mass is 333 g/mol. The molecule has 0 aliphatic carbocycles. The first-order valence-corrected chi connectivity index (χ1v) is 7.32. The number of carbonyl (C=O) groups excluding carboxylic acids is 1. The molecule has 0 saturated carbocycles. The van der Waals surface area contributed by atoms with Crippen molar-refractivity contribution in [2.75, 3.05) is 12.5 Å². The number of carbonyl (C=O) groups is 1. The van der Waals surface area contributed by atoms with Gasteiger partial charge in [0.2, 0.25) is 5.71 Å². The highest BCUT2D eigenvalue weighted by Gasteiger charge is 2.10. The summed E-state index contributed by atoms with van der Waals surface area (Å²) < 4.78 is 5.09. The van der Waals surface area contributed by atoms with Crippen LogP contribution in [0.5, 0.6) is 5.75 Å². The van der Waals surface area contributed by atoms with Gasteiger partial charge in [0.25, 0.3) is 5.91 Å². The minimum Gasteiger partial charge on any atom is -0.497 e. The fourth-order valence-electron chi connectivity index (χ4n) is 1.99. The molecule has 0 atom stereocenters. The highest BCUT2D eigenvalue weighted by molar-refractivity contribution is 6.10. The summed E-state index contributed by atoms with van der Waals surface area (Å²) in [6.45, 7) is 0.349. The number of amides is 1. The maximum absolute atomic E-state index is 12.4. The van der Waals surface area contributed by atoms with E-state index in [4.69, 9.17) is 15.3 Å². The molecule has 1 amide bonds. The maximum Gasteiger partial charge on any atom is 0.253 e. The molecule has 0 heterocycles. The number of benzene rings is 2. The maximum atomic E-state index is 12.4. The number of nitrogens with one attached hydrogen (secondary N) is 2. The summed E-state index contributed by atoms with van der Waals surface area (Å²) in [5.41, 5.74) is 3.93. The summed E-state index contributed by atoms with van der Waals surface area (Å²) in [6.07, 6.45) is 0. The van der Waals surface area contributed by atoms with Gasteiger partial charge in [0.15, 0.2) is 0 Å². The van der Waals surface area contributed by atoms with Crippen LogP contribution < -0.4 is 15.5 Å². The van der Waals surface area contributed by atoms with Crippen LogP contribution in [0.1, 0.15) is 15.9 Å². The number of hydrogen-bond acceptors (Lipinski definition) is 6. The molecule has 0 spiro atoms. The second kappa shape index (κ2) is 8.70. The Kier molecular flexibility index (Phi) is 6.10. The molecular formula is C18H15N5O2. The summed E-state index contributed by atoms with van der Waals surface area (Å²) in [5.74, 6) is 0.442. The minimum atomic E-state index is -0.326. The van der Waals surface area contributed by atoms with E-state index < -0.39 is 0 Å². The van der Waals surface area contributed by atoms with Crippen LogP contribution in [0.2, 0.25) is 0 Å². The highest BCUT2D eigenvalue weighted by atomic mass is 16.5. The molecule has 0 aromatic heterocycles. The van der Waals surface area contributed by atoms with Crippen molar-refractivity contribution in [1.29, 1.82) is 10.5 Å². The number of para-hydroxylation sites is 1. The fourth-order valence-corrected chi connectivity index (χ4v) is 1.99. The molecule has 124 valence electrons. The zero-order valence-corrected chi connectivity index (χ0v) is 13.5. The van der Waals surface area contributed by atoms with Crippen LogP contribution in [0.25, 0.3) is 0 Å². The quantitative estimate of drug-likeness (QED) is 0.623. The number of rotatable bonds is 6. The van der Waals surface area contributed by atoms with Gasteiger partial charge < -0.3 is 10.1 Å². The molecule has 7 heteroatoms. The SMILES string of the molecule is COc1ccc(CNC(=O)c2ccccc2NN=C(C#N)C#N)cc1. The van der Waals surface area contributed by atoms with Crippen LogP contribution in [-0.2, 0) is 6.54 Å². The Balaban J connectivity index is 2.07. The largest absolute Gasteiger partial charge is 0.497 e. The zero-order valence-electron chi connectivity index (χ0n) is 13.5. The van der Waals surface area contributed by atoms with Gasteiger partial charge in [-0.2, -0.15) is 15.6 Å². The third-order valence-electron chi connectivity index (χ3n) is 3.28. The standard InChI is InChI=1S/C18H15N5O2/c1-25-15-8-6-13(7-9-15)12-21-18(24)16-4-2-3-5-17(16)23-22-14(10-19)11-20/h2-9,23H,12H2,1H3,(H,21,24). The number of methoxy groups -OCH3 is 1. The molecule has 25 heavy (non-hydrogen) atoms. The van der Waals surface area contributed by atoms with Gasteiger partial charge in [0.05, 0.1) is 18.4 Å². The topological polar surface area (TPSA) is 110 Å². The average molecular weight is 333 g/mol. The lowest BCUT2D eigenvalue weighted by molar-refractivity contribution is 0.0951. The van der Waals surface area contributed by atoms with Gasteiger partial charge in [-0.25, -0.2) is 0 Å². The molecule has 0 radical (unpaired) electrons. The first-order valence-electron chi connectivity index (χ1n) is 7.32. The van der Waals surface area contributed by atoms with Crippen LogP contribution in [0.15, 0.2) is 53.6 Å². The lowest BCUT2D eigenvalue weighted by Crippen LogP contribution is -2.23. The minimum absolute atomic E-state index is 0.301. The van der Waals surface area contributed by atoms with Crippen molar-refractivity contribution in [3.63, 3.8) is 0 Å². The van der Waals surface area contributed by atoms with E-state index in [1.165, 1.54) is 0 Å².